The number of pyridine rings is 1. The molecule has 0 atom stereocenters. The summed E-state index contributed by atoms with van der Waals surface area (Å²) in [7, 11) is 0. The van der Waals surface area contributed by atoms with Crippen LogP contribution in [-0.4, -0.2) is 20.4 Å². The van der Waals surface area contributed by atoms with Crippen LogP contribution in [0, 0.1) is 18.6 Å². The lowest BCUT2D eigenvalue weighted by Crippen LogP contribution is -2.33. The number of amides is 1. The molecule has 0 aliphatic rings. The second kappa shape index (κ2) is 10.1. The first kappa shape index (κ1) is 24.0. The SMILES string of the molecule is Cc1c(CNC(=O)c2cncn(Cc3ccc(F)c(F)c3)c2=O)ccc2ncc(-c3ccccc3)cc12. The molecule has 1 N–H and O–H groups in total. The number of aryl methyl sites for hydroxylation is 1. The van der Waals surface area contributed by atoms with E-state index in [1.165, 1.54) is 23.2 Å². The van der Waals surface area contributed by atoms with Crippen molar-refractivity contribution in [2.45, 2.75) is 20.0 Å². The molecule has 6 nitrogen and oxygen atoms in total. The largest absolute Gasteiger partial charge is 0.348 e. The molecule has 0 aliphatic heterocycles. The van der Waals surface area contributed by atoms with Gasteiger partial charge in [0, 0.05) is 29.9 Å². The summed E-state index contributed by atoms with van der Waals surface area (Å²) in [6.45, 7) is 2.12. The van der Waals surface area contributed by atoms with Crippen LogP contribution in [0.3, 0.4) is 0 Å². The maximum absolute atomic E-state index is 13.5. The van der Waals surface area contributed by atoms with Gasteiger partial charge in [-0.25, -0.2) is 13.8 Å². The first-order valence-corrected chi connectivity index (χ1v) is 11.6. The summed E-state index contributed by atoms with van der Waals surface area (Å²) in [6.07, 6.45) is 4.29. The Morgan fingerprint density at radius 1 is 0.946 bits per heavy atom. The lowest BCUT2D eigenvalue weighted by atomic mass is 9.99. The van der Waals surface area contributed by atoms with Crippen LogP contribution in [0.5, 0.6) is 0 Å². The molecule has 0 bridgehead atoms. The highest BCUT2D eigenvalue weighted by molar-refractivity contribution is 5.93. The van der Waals surface area contributed by atoms with Crippen LogP contribution in [-0.2, 0) is 13.1 Å². The molecular weight excluding hydrogens is 474 g/mol. The summed E-state index contributed by atoms with van der Waals surface area (Å²) in [5.41, 5.74) is 4.42. The number of benzene rings is 3. The zero-order valence-corrected chi connectivity index (χ0v) is 19.9. The van der Waals surface area contributed by atoms with Crippen LogP contribution in [0.1, 0.15) is 27.0 Å². The van der Waals surface area contributed by atoms with E-state index in [0.29, 0.717) is 5.56 Å². The third kappa shape index (κ3) is 4.99. The van der Waals surface area contributed by atoms with Gasteiger partial charge in [0.05, 0.1) is 18.4 Å². The molecular formula is C29H22F2N4O2. The molecule has 0 radical (unpaired) electrons. The maximum Gasteiger partial charge on any atom is 0.266 e. The molecule has 0 saturated heterocycles. The fraction of sp³-hybridized carbons (Fsp3) is 0.103. The van der Waals surface area contributed by atoms with Crippen LogP contribution in [0.15, 0.2) is 90.2 Å². The number of carbonyl (C=O) groups is 1. The third-order valence-electron chi connectivity index (χ3n) is 6.28. The number of halogens is 2. The van der Waals surface area contributed by atoms with E-state index in [1.54, 1.807) is 0 Å². The Hall–Kier alpha value is -4.72. The molecule has 1 amide bonds. The highest BCUT2D eigenvalue weighted by atomic mass is 19.2. The molecule has 2 heterocycles. The van der Waals surface area contributed by atoms with Crippen molar-refractivity contribution >= 4 is 16.8 Å². The zero-order valence-electron chi connectivity index (χ0n) is 19.9. The minimum absolute atomic E-state index is 0.0509. The molecule has 3 aromatic carbocycles. The predicted octanol–water partition coefficient (Wildman–Crippen LogP) is 5.02. The number of fused-ring (bicyclic) bond motifs is 1. The van der Waals surface area contributed by atoms with Gasteiger partial charge in [-0.1, -0.05) is 42.5 Å². The topological polar surface area (TPSA) is 76.9 Å². The summed E-state index contributed by atoms with van der Waals surface area (Å²) < 4.78 is 27.9. The summed E-state index contributed by atoms with van der Waals surface area (Å²) in [4.78, 5) is 34.3. The Balaban J connectivity index is 1.36. The fourth-order valence-electron chi connectivity index (χ4n) is 4.19. The van der Waals surface area contributed by atoms with E-state index in [0.717, 1.165) is 45.3 Å². The van der Waals surface area contributed by atoms with Crippen LogP contribution < -0.4 is 10.9 Å². The van der Waals surface area contributed by atoms with E-state index in [9.17, 15) is 18.4 Å². The van der Waals surface area contributed by atoms with Gasteiger partial charge in [0.1, 0.15) is 5.56 Å². The van der Waals surface area contributed by atoms with E-state index < -0.39 is 23.1 Å². The van der Waals surface area contributed by atoms with Crippen LogP contribution in [0.25, 0.3) is 22.0 Å². The molecule has 0 saturated carbocycles. The van der Waals surface area contributed by atoms with E-state index in [-0.39, 0.29) is 18.7 Å². The van der Waals surface area contributed by atoms with Crippen molar-refractivity contribution in [2.24, 2.45) is 0 Å². The fourth-order valence-corrected chi connectivity index (χ4v) is 4.19. The molecule has 0 spiro atoms. The molecule has 0 unspecified atom stereocenters. The number of nitrogens with zero attached hydrogens (tertiary/aromatic N) is 3. The van der Waals surface area contributed by atoms with Gasteiger partial charge in [-0.2, -0.15) is 0 Å². The van der Waals surface area contributed by atoms with Crippen LogP contribution >= 0.6 is 0 Å². The van der Waals surface area contributed by atoms with Crippen molar-refractivity contribution in [1.29, 1.82) is 0 Å². The average molecular weight is 497 g/mol. The highest BCUT2D eigenvalue weighted by Crippen LogP contribution is 2.26. The lowest BCUT2D eigenvalue weighted by Gasteiger charge is -2.12. The number of carbonyl (C=O) groups excluding carboxylic acids is 1. The van der Waals surface area contributed by atoms with Gasteiger partial charge in [0.15, 0.2) is 11.6 Å². The van der Waals surface area contributed by atoms with Crippen molar-refractivity contribution in [3.8, 4) is 11.1 Å². The summed E-state index contributed by atoms with van der Waals surface area (Å²) in [5.74, 6) is -2.56. The monoisotopic (exact) mass is 496 g/mol. The van der Waals surface area contributed by atoms with Gasteiger partial charge >= 0.3 is 0 Å². The van der Waals surface area contributed by atoms with Gasteiger partial charge in [-0.15, -0.1) is 0 Å². The minimum atomic E-state index is -1.01. The Morgan fingerprint density at radius 3 is 2.54 bits per heavy atom. The molecule has 0 fully saturated rings. The van der Waals surface area contributed by atoms with Crippen LogP contribution in [0.4, 0.5) is 8.78 Å². The van der Waals surface area contributed by atoms with Crippen molar-refractivity contribution in [3.63, 3.8) is 0 Å². The van der Waals surface area contributed by atoms with Gasteiger partial charge in [0.2, 0.25) is 0 Å². The number of hydrogen-bond acceptors (Lipinski definition) is 4. The second-order valence-electron chi connectivity index (χ2n) is 8.68. The van der Waals surface area contributed by atoms with Gasteiger partial charge in [-0.3, -0.25) is 19.1 Å². The summed E-state index contributed by atoms with van der Waals surface area (Å²) >= 11 is 0. The zero-order chi connectivity index (χ0) is 25.9. The predicted molar refractivity (Wildman–Crippen MR) is 137 cm³/mol. The second-order valence-corrected chi connectivity index (χ2v) is 8.68. The minimum Gasteiger partial charge on any atom is -0.348 e. The van der Waals surface area contributed by atoms with Gasteiger partial charge in [0.25, 0.3) is 11.5 Å². The number of hydrogen-bond donors (Lipinski definition) is 1. The van der Waals surface area contributed by atoms with Crippen molar-refractivity contribution in [2.75, 3.05) is 0 Å². The average Bonchev–Trinajstić information content (AvgIpc) is 2.92. The van der Waals surface area contributed by atoms with Gasteiger partial charge in [-0.05, 0) is 53.4 Å². The lowest BCUT2D eigenvalue weighted by molar-refractivity contribution is 0.0948. The van der Waals surface area contributed by atoms with Crippen molar-refractivity contribution in [3.05, 3.63) is 130 Å². The Morgan fingerprint density at radius 2 is 1.76 bits per heavy atom. The summed E-state index contributed by atoms with van der Waals surface area (Å²) in [6, 6.07) is 19.2. The molecule has 5 rings (SSSR count). The van der Waals surface area contributed by atoms with E-state index in [1.807, 2.05) is 55.6 Å². The Bertz CT molecular complexity index is 1680. The smallest absolute Gasteiger partial charge is 0.266 e. The first-order chi connectivity index (χ1) is 17.9. The van der Waals surface area contributed by atoms with Crippen LogP contribution in [0.2, 0.25) is 0 Å². The summed E-state index contributed by atoms with van der Waals surface area (Å²) in [5, 5.41) is 3.77. The first-order valence-electron chi connectivity index (χ1n) is 11.6. The number of rotatable bonds is 6. The van der Waals surface area contributed by atoms with Crippen molar-refractivity contribution in [1.82, 2.24) is 19.9 Å². The molecule has 37 heavy (non-hydrogen) atoms. The molecule has 5 aromatic rings. The molecule has 8 heteroatoms. The van der Waals surface area contributed by atoms with E-state index in [2.05, 4.69) is 21.4 Å². The molecule has 0 aliphatic carbocycles. The quantitative estimate of drug-likeness (QED) is 0.358. The number of nitrogens with one attached hydrogen (secondary N) is 1. The Kier molecular flexibility index (Phi) is 6.55. The van der Waals surface area contributed by atoms with Crippen molar-refractivity contribution < 1.29 is 13.6 Å². The Labute approximate surface area is 211 Å². The third-order valence-corrected chi connectivity index (χ3v) is 6.28. The number of aromatic nitrogens is 3. The molecule has 184 valence electrons. The van der Waals surface area contributed by atoms with E-state index >= 15 is 0 Å². The van der Waals surface area contributed by atoms with E-state index in [4.69, 9.17) is 0 Å². The van der Waals surface area contributed by atoms with Gasteiger partial charge < -0.3 is 5.32 Å². The normalized spacial score (nSPS) is 11.0. The standard InChI is InChI=1S/C29H22F2N4O2/c1-18-21(8-10-27-23(18)12-22(14-33-27)20-5-3-2-4-6-20)13-34-28(36)24-15-32-17-35(29(24)37)16-19-7-9-25(30)26(31)11-19/h2-12,14-15,17H,13,16H2,1H3,(H,34,36). The molecule has 2 aromatic heterocycles. The highest BCUT2D eigenvalue weighted by Gasteiger charge is 2.15. The maximum atomic E-state index is 13.5.